The molecule has 0 atom stereocenters. The third-order valence-corrected chi connectivity index (χ3v) is 3.56. The van der Waals surface area contributed by atoms with Crippen molar-refractivity contribution in [1.82, 2.24) is 14.9 Å². The predicted molar refractivity (Wildman–Crippen MR) is 64.4 cm³/mol. The second-order valence-corrected chi connectivity index (χ2v) is 5.55. The van der Waals surface area contributed by atoms with Gasteiger partial charge in [-0.05, 0) is 19.3 Å². The molecule has 16 heavy (non-hydrogen) atoms. The molecular weight excluding hydrogens is 248 g/mol. The Morgan fingerprint density at radius 3 is 2.88 bits per heavy atom. The lowest BCUT2D eigenvalue weighted by atomic mass is 10.2. The predicted octanol–water partition coefficient (Wildman–Crippen LogP) is 0.144. The molecule has 1 aromatic heterocycles. The maximum Gasteiger partial charge on any atom is 0.243 e. The number of nitrogens with zero attached hydrogens (tertiary/aromatic N) is 1. The normalized spacial score (nSPS) is 11.5. The molecule has 0 unspecified atom stereocenters. The van der Waals surface area contributed by atoms with E-state index in [2.05, 4.69) is 14.9 Å². The number of sulfonamides is 1. The van der Waals surface area contributed by atoms with Crippen molar-refractivity contribution in [2.75, 3.05) is 6.54 Å². The molecule has 0 radical (unpaired) electrons. The fraction of sp³-hybridized carbons (Fsp3) is 0.500. The highest BCUT2D eigenvalue weighted by Crippen LogP contribution is 2.04. The molecule has 4 N–H and O–H groups in total. The molecule has 0 spiro atoms. The zero-order valence-electron chi connectivity index (χ0n) is 8.64. The van der Waals surface area contributed by atoms with Gasteiger partial charge in [0.1, 0.15) is 4.90 Å². The van der Waals surface area contributed by atoms with Crippen LogP contribution in [-0.4, -0.2) is 30.1 Å². The molecule has 0 amide bonds. The first-order valence-electron chi connectivity index (χ1n) is 4.79. The van der Waals surface area contributed by atoms with E-state index in [0.717, 1.165) is 6.42 Å². The summed E-state index contributed by atoms with van der Waals surface area (Å²) in [5.41, 5.74) is 5.32. The Morgan fingerprint density at radius 1 is 1.56 bits per heavy atom. The molecule has 1 heterocycles. The molecule has 0 fully saturated rings. The van der Waals surface area contributed by atoms with Gasteiger partial charge in [-0.3, -0.25) is 5.10 Å². The van der Waals surface area contributed by atoms with Crippen molar-refractivity contribution in [2.45, 2.75) is 24.2 Å². The number of rotatable bonds is 7. The number of aromatic nitrogens is 2. The Hall–Kier alpha value is -0.990. The van der Waals surface area contributed by atoms with Crippen molar-refractivity contribution in [3.8, 4) is 0 Å². The molecule has 0 aliphatic carbocycles. The summed E-state index contributed by atoms with van der Waals surface area (Å²) in [5.74, 6) is 0. The van der Waals surface area contributed by atoms with E-state index in [1.165, 1.54) is 12.4 Å². The third kappa shape index (κ3) is 4.25. The van der Waals surface area contributed by atoms with Crippen LogP contribution in [-0.2, 0) is 10.0 Å². The Labute approximate surface area is 99.7 Å². The maximum atomic E-state index is 11.6. The van der Waals surface area contributed by atoms with Crippen LogP contribution in [0.3, 0.4) is 0 Å². The summed E-state index contributed by atoms with van der Waals surface area (Å²) in [6.07, 6.45) is 4.72. The fourth-order valence-corrected chi connectivity index (χ4v) is 2.22. The van der Waals surface area contributed by atoms with Crippen LogP contribution >= 0.6 is 12.2 Å². The zero-order chi connectivity index (χ0) is 12.0. The number of aromatic amines is 1. The smallest absolute Gasteiger partial charge is 0.243 e. The highest BCUT2D eigenvalue weighted by atomic mass is 32.2. The van der Waals surface area contributed by atoms with Crippen LogP contribution in [0.1, 0.15) is 19.3 Å². The lowest BCUT2D eigenvalue weighted by molar-refractivity contribution is 0.577. The number of unbranched alkanes of at least 4 members (excludes halogenated alkanes) is 1. The van der Waals surface area contributed by atoms with Gasteiger partial charge < -0.3 is 5.73 Å². The van der Waals surface area contributed by atoms with Crippen molar-refractivity contribution in [3.05, 3.63) is 12.4 Å². The van der Waals surface area contributed by atoms with Crippen LogP contribution in [0.2, 0.25) is 0 Å². The lowest BCUT2D eigenvalue weighted by Crippen LogP contribution is -2.24. The van der Waals surface area contributed by atoms with Crippen LogP contribution in [0.15, 0.2) is 17.3 Å². The summed E-state index contributed by atoms with van der Waals surface area (Å²) in [6.45, 7) is 0.371. The molecule has 0 saturated carbocycles. The first kappa shape index (κ1) is 13.1. The van der Waals surface area contributed by atoms with Crippen molar-refractivity contribution < 1.29 is 8.42 Å². The van der Waals surface area contributed by atoms with Gasteiger partial charge in [0.15, 0.2) is 0 Å². The average molecular weight is 262 g/mol. The van der Waals surface area contributed by atoms with Gasteiger partial charge in [-0.25, -0.2) is 13.1 Å². The Bertz CT molecular complexity index is 427. The van der Waals surface area contributed by atoms with Crippen LogP contribution in [0, 0.1) is 0 Å². The Morgan fingerprint density at radius 2 is 2.31 bits per heavy atom. The molecule has 0 aliphatic heterocycles. The van der Waals surface area contributed by atoms with Crippen molar-refractivity contribution >= 4 is 27.2 Å². The van der Waals surface area contributed by atoms with E-state index in [9.17, 15) is 8.42 Å². The first-order valence-corrected chi connectivity index (χ1v) is 6.68. The largest absolute Gasteiger partial charge is 0.393 e. The van der Waals surface area contributed by atoms with Gasteiger partial charge >= 0.3 is 0 Å². The highest BCUT2D eigenvalue weighted by molar-refractivity contribution is 7.89. The standard InChI is InChI=1S/C8H14N4O2S2/c9-8(15)3-1-2-4-12-16(13,14)7-5-10-11-6-7/h5-6,12H,1-4H2,(H2,9,15)(H,10,11). The minimum Gasteiger partial charge on any atom is -0.393 e. The topological polar surface area (TPSA) is 101 Å². The molecule has 0 aromatic carbocycles. The summed E-state index contributed by atoms with van der Waals surface area (Å²) in [6, 6.07) is 0. The second kappa shape index (κ2) is 5.92. The van der Waals surface area contributed by atoms with Gasteiger partial charge in [0.2, 0.25) is 10.0 Å². The molecule has 0 aliphatic rings. The summed E-state index contributed by atoms with van der Waals surface area (Å²) >= 11 is 4.71. The summed E-state index contributed by atoms with van der Waals surface area (Å²) < 4.78 is 25.6. The minimum atomic E-state index is -3.43. The Kier molecular flexibility index (Phi) is 4.84. The minimum absolute atomic E-state index is 0.141. The second-order valence-electron chi connectivity index (χ2n) is 3.26. The molecule has 6 nitrogen and oxygen atoms in total. The van der Waals surface area contributed by atoms with Crippen LogP contribution < -0.4 is 10.5 Å². The Balaban J connectivity index is 2.30. The molecule has 8 heteroatoms. The monoisotopic (exact) mass is 262 g/mol. The van der Waals surface area contributed by atoms with Crippen LogP contribution in [0.25, 0.3) is 0 Å². The summed E-state index contributed by atoms with van der Waals surface area (Å²) in [7, 11) is -3.43. The van der Waals surface area contributed by atoms with E-state index in [1.807, 2.05) is 0 Å². The quantitative estimate of drug-likeness (QED) is 0.479. The van der Waals surface area contributed by atoms with Crippen LogP contribution in [0.5, 0.6) is 0 Å². The number of nitrogens with one attached hydrogen (secondary N) is 2. The molecule has 1 aromatic rings. The van der Waals surface area contributed by atoms with Gasteiger partial charge in [0.25, 0.3) is 0 Å². The number of nitrogens with two attached hydrogens (primary N) is 1. The maximum absolute atomic E-state index is 11.6. The van der Waals surface area contributed by atoms with E-state index in [4.69, 9.17) is 18.0 Å². The zero-order valence-corrected chi connectivity index (χ0v) is 10.3. The van der Waals surface area contributed by atoms with Gasteiger partial charge in [-0.15, -0.1) is 0 Å². The van der Waals surface area contributed by atoms with Gasteiger partial charge in [-0.2, -0.15) is 5.10 Å². The van der Waals surface area contributed by atoms with Gasteiger partial charge in [0.05, 0.1) is 11.2 Å². The van der Waals surface area contributed by atoms with Crippen LogP contribution in [0.4, 0.5) is 0 Å². The number of hydrogen-bond donors (Lipinski definition) is 3. The molecule has 1 rings (SSSR count). The van der Waals surface area contributed by atoms with E-state index in [1.54, 1.807) is 0 Å². The van der Waals surface area contributed by atoms with Crippen molar-refractivity contribution in [2.24, 2.45) is 5.73 Å². The average Bonchev–Trinajstić information content (AvgIpc) is 2.69. The molecule has 0 bridgehead atoms. The lowest BCUT2D eigenvalue weighted by Gasteiger charge is -2.03. The number of hydrogen-bond acceptors (Lipinski definition) is 4. The van der Waals surface area contributed by atoms with Gasteiger partial charge in [0, 0.05) is 12.7 Å². The third-order valence-electron chi connectivity index (χ3n) is 1.93. The van der Waals surface area contributed by atoms with Crippen molar-refractivity contribution in [1.29, 1.82) is 0 Å². The van der Waals surface area contributed by atoms with Gasteiger partial charge in [-0.1, -0.05) is 12.2 Å². The first-order chi connectivity index (χ1) is 7.52. The van der Waals surface area contributed by atoms with E-state index in [0.29, 0.717) is 24.4 Å². The summed E-state index contributed by atoms with van der Waals surface area (Å²) in [4.78, 5) is 0.597. The number of thiocarbonyl (C=S) groups is 1. The SMILES string of the molecule is NC(=S)CCCCNS(=O)(=O)c1cn[nH]c1. The molecule has 90 valence electrons. The van der Waals surface area contributed by atoms with E-state index >= 15 is 0 Å². The molecule has 0 saturated heterocycles. The van der Waals surface area contributed by atoms with Crippen molar-refractivity contribution in [3.63, 3.8) is 0 Å². The number of H-pyrrole nitrogens is 1. The van der Waals surface area contributed by atoms with E-state index in [-0.39, 0.29) is 4.90 Å². The summed E-state index contributed by atoms with van der Waals surface area (Å²) in [5, 5.41) is 6.03. The molecular formula is C8H14N4O2S2. The highest BCUT2D eigenvalue weighted by Gasteiger charge is 2.13. The fourth-order valence-electron chi connectivity index (χ4n) is 1.10. The van der Waals surface area contributed by atoms with E-state index < -0.39 is 10.0 Å².